The molecule has 0 bridgehead atoms. The van der Waals surface area contributed by atoms with E-state index in [1.807, 2.05) is 11.8 Å². The van der Waals surface area contributed by atoms with Gasteiger partial charge in [-0.15, -0.1) is 0 Å². The molecular weight excluding hydrogens is 262 g/mol. The van der Waals surface area contributed by atoms with Crippen molar-refractivity contribution in [2.45, 2.75) is 13.5 Å². The second kappa shape index (κ2) is 6.82. The summed E-state index contributed by atoms with van der Waals surface area (Å²) in [6.45, 7) is 4.87. The molecule has 0 spiro atoms. The van der Waals surface area contributed by atoms with Crippen molar-refractivity contribution in [1.82, 2.24) is 4.90 Å². The molecule has 1 aromatic carbocycles. The molecule has 0 unspecified atom stereocenters. The minimum atomic E-state index is -0.335. The molecular formula is C14H19NO3S. The Labute approximate surface area is 117 Å². The molecule has 0 amide bonds. The van der Waals surface area contributed by atoms with Crippen LogP contribution in [0.4, 0.5) is 0 Å². The summed E-state index contributed by atoms with van der Waals surface area (Å²) in [5, 5.41) is 9.89. The van der Waals surface area contributed by atoms with Gasteiger partial charge in [0, 0.05) is 36.7 Å². The van der Waals surface area contributed by atoms with Crippen molar-refractivity contribution in [3.05, 3.63) is 29.3 Å². The average Bonchev–Trinajstić information content (AvgIpc) is 2.42. The molecule has 0 radical (unpaired) electrons. The Hall–Kier alpha value is -1.20. The fourth-order valence-corrected chi connectivity index (χ4v) is 3.03. The fourth-order valence-electron chi connectivity index (χ4n) is 2.05. The number of benzene rings is 1. The van der Waals surface area contributed by atoms with Crippen molar-refractivity contribution < 1.29 is 14.6 Å². The molecule has 0 saturated carbocycles. The van der Waals surface area contributed by atoms with Crippen LogP contribution in [0.15, 0.2) is 18.2 Å². The van der Waals surface area contributed by atoms with Crippen molar-refractivity contribution in [3.63, 3.8) is 0 Å². The first-order chi connectivity index (χ1) is 9.20. The molecule has 19 heavy (non-hydrogen) atoms. The lowest BCUT2D eigenvalue weighted by Gasteiger charge is -2.26. The van der Waals surface area contributed by atoms with Crippen LogP contribution in [0.5, 0.6) is 5.75 Å². The summed E-state index contributed by atoms with van der Waals surface area (Å²) in [5.74, 6) is 2.15. The van der Waals surface area contributed by atoms with Gasteiger partial charge in [0.2, 0.25) is 0 Å². The van der Waals surface area contributed by atoms with E-state index in [9.17, 15) is 9.90 Å². The molecule has 104 valence electrons. The molecule has 5 heteroatoms. The minimum Gasteiger partial charge on any atom is -0.508 e. The van der Waals surface area contributed by atoms with Crippen LogP contribution in [0.25, 0.3) is 0 Å². The summed E-state index contributed by atoms with van der Waals surface area (Å²) < 4.78 is 4.98. The van der Waals surface area contributed by atoms with Crippen LogP contribution in [0, 0.1) is 0 Å². The lowest BCUT2D eigenvalue weighted by molar-refractivity contribution is 0.0526. The molecule has 1 aliphatic rings. The van der Waals surface area contributed by atoms with E-state index < -0.39 is 0 Å². The highest BCUT2D eigenvalue weighted by atomic mass is 32.2. The number of carbonyl (C=O) groups excluding carboxylic acids is 1. The first-order valence-corrected chi connectivity index (χ1v) is 7.65. The summed E-state index contributed by atoms with van der Waals surface area (Å²) in [6.07, 6.45) is 0. The summed E-state index contributed by atoms with van der Waals surface area (Å²) in [7, 11) is 0. The predicted octanol–water partition coefficient (Wildman–Crippen LogP) is 2.12. The number of hydrogen-bond acceptors (Lipinski definition) is 5. The highest BCUT2D eigenvalue weighted by Gasteiger charge is 2.15. The van der Waals surface area contributed by atoms with E-state index in [2.05, 4.69) is 4.90 Å². The first-order valence-electron chi connectivity index (χ1n) is 6.50. The molecule has 2 rings (SSSR count). The van der Waals surface area contributed by atoms with Gasteiger partial charge in [0.05, 0.1) is 12.2 Å². The Bertz CT molecular complexity index is 444. The lowest BCUT2D eigenvalue weighted by Crippen LogP contribution is -2.32. The predicted molar refractivity (Wildman–Crippen MR) is 76.7 cm³/mol. The molecule has 1 N–H and O–H groups in total. The zero-order valence-corrected chi connectivity index (χ0v) is 11.9. The number of esters is 1. The van der Waals surface area contributed by atoms with Crippen molar-refractivity contribution in [2.75, 3.05) is 31.2 Å². The zero-order valence-electron chi connectivity index (χ0n) is 11.1. The highest BCUT2D eigenvalue weighted by Crippen LogP contribution is 2.22. The number of carbonyl (C=O) groups is 1. The maximum Gasteiger partial charge on any atom is 0.338 e. The van der Waals surface area contributed by atoms with Gasteiger partial charge in [-0.3, -0.25) is 4.90 Å². The molecule has 1 aromatic rings. The fraction of sp³-hybridized carbons (Fsp3) is 0.500. The summed E-state index contributed by atoms with van der Waals surface area (Å²) in [6, 6.07) is 4.90. The molecule has 0 aliphatic carbocycles. The van der Waals surface area contributed by atoms with Crippen molar-refractivity contribution >= 4 is 17.7 Å². The van der Waals surface area contributed by atoms with Crippen LogP contribution in [-0.2, 0) is 11.3 Å². The molecule has 1 fully saturated rings. The third-order valence-electron chi connectivity index (χ3n) is 3.09. The molecule has 0 aromatic heterocycles. The van der Waals surface area contributed by atoms with Gasteiger partial charge in [0.1, 0.15) is 5.75 Å². The number of ether oxygens (including phenoxy) is 1. The number of phenolic OH excluding ortho intramolecular Hbond substituents is 1. The topological polar surface area (TPSA) is 49.8 Å². The molecule has 1 aliphatic heterocycles. The zero-order chi connectivity index (χ0) is 13.7. The highest BCUT2D eigenvalue weighted by molar-refractivity contribution is 7.99. The normalized spacial score (nSPS) is 16.3. The molecule has 1 heterocycles. The third kappa shape index (κ3) is 3.88. The van der Waals surface area contributed by atoms with Gasteiger partial charge in [-0.05, 0) is 25.1 Å². The van der Waals surface area contributed by atoms with Crippen LogP contribution in [0.1, 0.15) is 22.8 Å². The summed E-state index contributed by atoms with van der Waals surface area (Å²) in [5.41, 5.74) is 1.29. The van der Waals surface area contributed by atoms with Crippen LogP contribution < -0.4 is 0 Å². The van der Waals surface area contributed by atoms with Crippen LogP contribution in [-0.4, -0.2) is 47.2 Å². The molecule has 0 atom stereocenters. The van der Waals surface area contributed by atoms with Crippen LogP contribution in [0.3, 0.4) is 0 Å². The standard InChI is InChI=1S/C14H19NO3S/c1-2-18-14(17)11-3-4-13(16)12(9-11)10-15-5-7-19-8-6-15/h3-4,9,16H,2,5-8,10H2,1H3. The summed E-state index contributed by atoms with van der Waals surface area (Å²) >= 11 is 1.95. The minimum absolute atomic E-state index is 0.242. The first kappa shape index (κ1) is 14.2. The largest absolute Gasteiger partial charge is 0.508 e. The van der Waals surface area contributed by atoms with Crippen LogP contribution >= 0.6 is 11.8 Å². The molecule has 1 saturated heterocycles. The third-order valence-corrected chi connectivity index (χ3v) is 4.03. The number of thioether (sulfide) groups is 1. The van der Waals surface area contributed by atoms with Gasteiger partial charge >= 0.3 is 5.97 Å². The van der Waals surface area contributed by atoms with E-state index in [0.717, 1.165) is 30.2 Å². The van der Waals surface area contributed by atoms with Gasteiger partial charge in [-0.1, -0.05) is 0 Å². The van der Waals surface area contributed by atoms with E-state index in [1.54, 1.807) is 25.1 Å². The maximum atomic E-state index is 11.7. The van der Waals surface area contributed by atoms with Gasteiger partial charge in [0.15, 0.2) is 0 Å². The quantitative estimate of drug-likeness (QED) is 0.857. The Morgan fingerprint density at radius 1 is 1.42 bits per heavy atom. The van der Waals surface area contributed by atoms with Crippen LogP contribution in [0.2, 0.25) is 0 Å². The molecule has 4 nitrogen and oxygen atoms in total. The summed E-state index contributed by atoms with van der Waals surface area (Å²) in [4.78, 5) is 14.0. The van der Waals surface area contributed by atoms with Gasteiger partial charge in [0.25, 0.3) is 0 Å². The van der Waals surface area contributed by atoms with E-state index in [-0.39, 0.29) is 11.7 Å². The maximum absolute atomic E-state index is 11.7. The Morgan fingerprint density at radius 2 is 2.16 bits per heavy atom. The average molecular weight is 281 g/mol. The van der Waals surface area contributed by atoms with Gasteiger partial charge in [-0.2, -0.15) is 11.8 Å². The number of hydrogen-bond donors (Lipinski definition) is 1. The van der Waals surface area contributed by atoms with E-state index >= 15 is 0 Å². The number of rotatable bonds is 4. The lowest BCUT2D eigenvalue weighted by atomic mass is 10.1. The monoisotopic (exact) mass is 281 g/mol. The smallest absolute Gasteiger partial charge is 0.338 e. The van der Waals surface area contributed by atoms with E-state index in [0.29, 0.717) is 18.7 Å². The van der Waals surface area contributed by atoms with Crippen molar-refractivity contribution in [3.8, 4) is 5.75 Å². The second-order valence-electron chi connectivity index (χ2n) is 4.45. The van der Waals surface area contributed by atoms with E-state index in [4.69, 9.17) is 4.74 Å². The number of nitrogens with zero attached hydrogens (tertiary/aromatic N) is 1. The second-order valence-corrected chi connectivity index (χ2v) is 5.68. The van der Waals surface area contributed by atoms with Crippen molar-refractivity contribution in [2.24, 2.45) is 0 Å². The number of phenols is 1. The van der Waals surface area contributed by atoms with E-state index in [1.165, 1.54) is 0 Å². The SMILES string of the molecule is CCOC(=O)c1ccc(O)c(CN2CCSCC2)c1. The van der Waals surface area contributed by atoms with Gasteiger partial charge < -0.3 is 9.84 Å². The number of aromatic hydroxyl groups is 1. The van der Waals surface area contributed by atoms with Crippen molar-refractivity contribution in [1.29, 1.82) is 0 Å². The van der Waals surface area contributed by atoms with Gasteiger partial charge in [-0.25, -0.2) is 4.79 Å². The Kier molecular flexibility index (Phi) is 5.10. The Morgan fingerprint density at radius 3 is 2.84 bits per heavy atom. The Balaban J connectivity index is 2.10.